The topological polar surface area (TPSA) is 95.7 Å². The van der Waals surface area contributed by atoms with Gasteiger partial charge in [-0.25, -0.2) is 0 Å². The number of anilines is 1. The Bertz CT molecular complexity index is 539. The molecule has 1 fully saturated rings. The van der Waals surface area contributed by atoms with Crippen molar-refractivity contribution < 1.29 is 14.7 Å². The van der Waals surface area contributed by atoms with Crippen molar-refractivity contribution in [2.24, 2.45) is 0 Å². The van der Waals surface area contributed by atoms with Gasteiger partial charge in [0.15, 0.2) is 5.75 Å². The molecule has 2 rings (SSSR count). The second-order valence-corrected chi connectivity index (χ2v) is 5.32. The zero-order valence-corrected chi connectivity index (χ0v) is 12.1. The molecule has 0 saturated carbocycles. The van der Waals surface area contributed by atoms with Crippen LogP contribution in [0.15, 0.2) is 18.2 Å². The number of phenolic OH excluding ortho intramolecular Hbond substituents is 1. The fraction of sp³-hybridized carbons (Fsp3) is 0.467. The van der Waals surface area contributed by atoms with E-state index in [-0.39, 0.29) is 22.9 Å². The van der Waals surface area contributed by atoms with Gasteiger partial charge in [-0.15, -0.1) is 0 Å². The van der Waals surface area contributed by atoms with Crippen LogP contribution < -0.4 is 11.1 Å². The highest BCUT2D eigenvalue weighted by molar-refractivity contribution is 6.00. The molecule has 6 nitrogen and oxygen atoms in total. The minimum atomic E-state index is -0.628. The minimum Gasteiger partial charge on any atom is -0.505 e. The number of nitrogens with one attached hydrogen (secondary N) is 1. The molecule has 21 heavy (non-hydrogen) atoms. The maximum absolute atomic E-state index is 12.2. The number of likely N-dealkylation sites (tertiary alicyclic amines) is 1. The van der Waals surface area contributed by atoms with Gasteiger partial charge >= 0.3 is 0 Å². The predicted molar refractivity (Wildman–Crippen MR) is 79.9 cm³/mol. The number of aromatic hydroxyl groups is 1. The lowest BCUT2D eigenvalue weighted by molar-refractivity contribution is -0.133. The highest BCUT2D eigenvalue weighted by Crippen LogP contribution is 2.24. The summed E-state index contributed by atoms with van der Waals surface area (Å²) in [5, 5.41) is 12.4. The first-order chi connectivity index (χ1) is 10.0. The third-order valence-corrected chi connectivity index (χ3v) is 3.70. The molecule has 1 aromatic rings. The molecule has 0 bridgehead atoms. The molecule has 1 unspecified atom stereocenters. The van der Waals surface area contributed by atoms with Gasteiger partial charge in [0.05, 0.1) is 11.3 Å². The van der Waals surface area contributed by atoms with E-state index in [0.717, 1.165) is 32.4 Å². The number of hydrogen-bond acceptors (Lipinski definition) is 4. The van der Waals surface area contributed by atoms with Gasteiger partial charge < -0.3 is 21.1 Å². The largest absolute Gasteiger partial charge is 0.505 e. The lowest BCUT2D eigenvalue weighted by Crippen LogP contribution is -2.48. The maximum atomic E-state index is 12.2. The normalized spacial score (nSPS) is 16.3. The summed E-state index contributed by atoms with van der Waals surface area (Å²) in [6, 6.07) is 3.94. The standard InChI is InChI=1S/C15H21N3O3/c1-10(15(21)18-8-3-2-4-9-18)17-14(20)11-6-5-7-12(16)13(11)19/h5-7,10,19H,2-4,8-9,16H2,1H3,(H,17,20). The van der Waals surface area contributed by atoms with Crippen LogP contribution in [0.2, 0.25) is 0 Å². The molecule has 1 atom stereocenters. The summed E-state index contributed by atoms with van der Waals surface area (Å²) in [5.41, 5.74) is 5.77. The van der Waals surface area contributed by atoms with Crippen LogP contribution >= 0.6 is 0 Å². The molecule has 1 heterocycles. The summed E-state index contributed by atoms with van der Waals surface area (Å²) in [7, 11) is 0. The number of carbonyl (C=O) groups excluding carboxylic acids is 2. The molecule has 1 saturated heterocycles. The Morgan fingerprint density at radius 1 is 1.29 bits per heavy atom. The van der Waals surface area contributed by atoms with E-state index < -0.39 is 11.9 Å². The maximum Gasteiger partial charge on any atom is 0.255 e. The van der Waals surface area contributed by atoms with Crippen molar-refractivity contribution in [3.63, 3.8) is 0 Å². The third kappa shape index (κ3) is 3.45. The van der Waals surface area contributed by atoms with Crippen LogP contribution in [0.5, 0.6) is 5.75 Å². The summed E-state index contributed by atoms with van der Waals surface area (Å²) < 4.78 is 0. The number of nitrogens with two attached hydrogens (primary N) is 1. The molecule has 1 aromatic carbocycles. The molecule has 6 heteroatoms. The fourth-order valence-corrected chi connectivity index (χ4v) is 2.47. The van der Waals surface area contributed by atoms with E-state index >= 15 is 0 Å². The van der Waals surface area contributed by atoms with Crippen LogP contribution in [0.1, 0.15) is 36.5 Å². The Morgan fingerprint density at radius 3 is 2.62 bits per heavy atom. The van der Waals surface area contributed by atoms with E-state index in [1.165, 1.54) is 12.1 Å². The molecule has 114 valence electrons. The third-order valence-electron chi connectivity index (χ3n) is 3.70. The number of benzene rings is 1. The summed E-state index contributed by atoms with van der Waals surface area (Å²) in [6.45, 7) is 3.13. The molecule has 4 N–H and O–H groups in total. The summed E-state index contributed by atoms with van der Waals surface area (Å²) in [5.74, 6) is -0.850. The molecular formula is C15H21N3O3. The predicted octanol–water partition coefficient (Wildman–Crippen LogP) is 1.11. The van der Waals surface area contributed by atoms with Crippen LogP contribution in [0, 0.1) is 0 Å². The van der Waals surface area contributed by atoms with Gasteiger partial charge in [0, 0.05) is 13.1 Å². The monoisotopic (exact) mass is 291 g/mol. The Hall–Kier alpha value is -2.24. The van der Waals surface area contributed by atoms with Crippen molar-refractivity contribution >= 4 is 17.5 Å². The Balaban J connectivity index is 2.01. The minimum absolute atomic E-state index is 0.0771. The number of hydrogen-bond donors (Lipinski definition) is 3. The molecule has 0 aromatic heterocycles. The van der Waals surface area contributed by atoms with Crippen molar-refractivity contribution in [1.82, 2.24) is 10.2 Å². The molecular weight excluding hydrogens is 270 g/mol. The first kappa shape index (κ1) is 15.2. The first-order valence-electron chi connectivity index (χ1n) is 7.18. The second kappa shape index (κ2) is 6.47. The van der Waals surface area contributed by atoms with Crippen molar-refractivity contribution in [2.75, 3.05) is 18.8 Å². The fourth-order valence-electron chi connectivity index (χ4n) is 2.47. The number of rotatable bonds is 3. The van der Waals surface area contributed by atoms with E-state index in [1.54, 1.807) is 17.9 Å². The number of amides is 2. The molecule has 0 spiro atoms. The van der Waals surface area contributed by atoms with Crippen LogP contribution in [-0.4, -0.2) is 41.0 Å². The Morgan fingerprint density at radius 2 is 1.95 bits per heavy atom. The second-order valence-electron chi connectivity index (χ2n) is 5.32. The first-order valence-corrected chi connectivity index (χ1v) is 7.18. The zero-order valence-electron chi connectivity index (χ0n) is 12.1. The van der Waals surface area contributed by atoms with Gasteiger partial charge in [-0.1, -0.05) is 6.07 Å². The van der Waals surface area contributed by atoms with Gasteiger partial charge in [0.1, 0.15) is 6.04 Å². The van der Waals surface area contributed by atoms with Gasteiger partial charge in [0.2, 0.25) is 5.91 Å². The summed E-state index contributed by atoms with van der Waals surface area (Å²) in [4.78, 5) is 26.1. The van der Waals surface area contributed by atoms with E-state index in [2.05, 4.69) is 5.32 Å². The van der Waals surface area contributed by atoms with Crippen LogP contribution in [0.25, 0.3) is 0 Å². The average molecular weight is 291 g/mol. The van der Waals surface area contributed by atoms with Crippen molar-refractivity contribution in [3.05, 3.63) is 23.8 Å². The zero-order chi connectivity index (χ0) is 15.4. The van der Waals surface area contributed by atoms with Gasteiger partial charge in [0.25, 0.3) is 5.91 Å². The number of phenols is 1. The molecule has 1 aliphatic rings. The Kier molecular flexibility index (Phi) is 4.67. The molecule has 0 aliphatic carbocycles. The lowest BCUT2D eigenvalue weighted by Gasteiger charge is -2.29. The van der Waals surface area contributed by atoms with Crippen LogP contribution in [-0.2, 0) is 4.79 Å². The number of para-hydroxylation sites is 1. The van der Waals surface area contributed by atoms with E-state index in [1.807, 2.05) is 0 Å². The Labute approximate surface area is 123 Å². The average Bonchev–Trinajstić information content (AvgIpc) is 2.50. The quantitative estimate of drug-likeness (QED) is 0.574. The highest BCUT2D eigenvalue weighted by Gasteiger charge is 2.24. The smallest absolute Gasteiger partial charge is 0.255 e. The summed E-state index contributed by atoms with van der Waals surface area (Å²) in [6.07, 6.45) is 3.15. The van der Waals surface area contributed by atoms with E-state index in [9.17, 15) is 14.7 Å². The highest BCUT2D eigenvalue weighted by atomic mass is 16.3. The molecule has 2 amide bonds. The van der Waals surface area contributed by atoms with Gasteiger partial charge in [-0.2, -0.15) is 0 Å². The van der Waals surface area contributed by atoms with Gasteiger partial charge in [-0.3, -0.25) is 9.59 Å². The number of piperidine rings is 1. The van der Waals surface area contributed by atoms with E-state index in [0.29, 0.717) is 0 Å². The van der Waals surface area contributed by atoms with Crippen molar-refractivity contribution in [3.8, 4) is 5.75 Å². The summed E-state index contributed by atoms with van der Waals surface area (Å²) >= 11 is 0. The molecule has 0 radical (unpaired) electrons. The SMILES string of the molecule is CC(NC(=O)c1cccc(N)c1O)C(=O)N1CCCCC1. The van der Waals surface area contributed by atoms with Crippen molar-refractivity contribution in [2.45, 2.75) is 32.2 Å². The van der Waals surface area contributed by atoms with E-state index in [4.69, 9.17) is 5.73 Å². The van der Waals surface area contributed by atoms with Crippen molar-refractivity contribution in [1.29, 1.82) is 0 Å². The number of nitrogens with zero attached hydrogens (tertiary/aromatic N) is 1. The van der Waals surface area contributed by atoms with Crippen LogP contribution in [0.4, 0.5) is 5.69 Å². The van der Waals surface area contributed by atoms with Gasteiger partial charge in [-0.05, 0) is 38.3 Å². The number of carbonyl (C=O) groups is 2. The number of nitrogen functional groups attached to an aromatic ring is 1. The molecule has 1 aliphatic heterocycles. The lowest BCUT2D eigenvalue weighted by atomic mass is 10.1. The van der Waals surface area contributed by atoms with Crippen LogP contribution in [0.3, 0.4) is 0 Å².